The summed E-state index contributed by atoms with van der Waals surface area (Å²) in [7, 11) is 0. The van der Waals surface area contributed by atoms with Gasteiger partial charge in [-0.3, -0.25) is 4.79 Å². The maximum absolute atomic E-state index is 13.3. The number of carbonyl (C=O) groups is 1. The summed E-state index contributed by atoms with van der Waals surface area (Å²) in [6.45, 7) is 0. The van der Waals surface area contributed by atoms with Crippen molar-refractivity contribution in [2.75, 3.05) is 0 Å². The van der Waals surface area contributed by atoms with Gasteiger partial charge >= 0.3 is 0 Å². The van der Waals surface area contributed by atoms with Crippen molar-refractivity contribution >= 4 is 5.91 Å². The molecule has 0 saturated heterocycles. The Morgan fingerprint density at radius 3 is 2.65 bits per heavy atom. The van der Waals surface area contributed by atoms with Crippen LogP contribution in [0.5, 0.6) is 0 Å². The zero-order valence-corrected chi connectivity index (χ0v) is 13.9. The van der Waals surface area contributed by atoms with Gasteiger partial charge in [0.15, 0.2) is 0 Å². The second-order valence-corrected chi connectivity index (χ2v) is 7.71. The molecule has 2 saturated carbocycles. The van der Waals surface area contributed by atoms with Crippen LogP contribution in [-0.2, 0) is 11.2 Å². The van der Waals surface area contributed by atoms with Gasteiger partial charge in [0.25, 0.3) is 0 Å². The minimum absolute atomic E-state index is 0.161. The van der Waals surface area contributed by atoms with E-state index < -0.39 is 0 Å². The number of amides is 1. The van der Waals surface area contributed by atoms with E-state index in [1.165, 1.54) is 30.4 Å². The van der Waals surface area contributed by atoms with Crippen LogP contribution < -0.4 is 5.73 Å². The lowest BCUT2D eigenvalue weighted by molar-refractivity contribution is -0.140. The Hall–Kier alpha value is -1.35. The highest BCUT2D eigenvalue weighted by atomic mass is 16.2. The molecule has 1 amide bonds. The molecule has 1 aromatic carbocycles. The standard InChI is InChI=1S/C20H28N2O/c21-16-8-3-7-15(13-16)20(23)22(17-11-12-17)19-10-4-6-14-5-1-2-9-18(14)19/h1-2,5,9,15-17,19H,3-4,6-8,10-13,21H2. The molecule has 3 heteroatoms. The van der Waals surface area contributed by atoms with Gasteiger partial charge in [-0.2, -0.15) is 0 Å². The van der Waals surface area contributed by atoms with Gasteiger partial charge in [0.05, 0.1) is 6.04 Å². The molecule has 0 aliphatic heterocycles. The van der Waals surface area contributed by atoms with Crippen LogP contribution in [0.25, 0.3) is 0 Å². The molecule has 0 spiro atoms. The van der Waals surface area contributed by atoms with Gasteiger partial charge in [0, 0.05) is 18.0 Å². The van der Waals surface area contributed by atoms with Crippen LogP contribution in [0, 0.1) is 5.92 Å². The molecule has 0 aromatic heterocycles. The fourth-order valence-electron chi connectivity index (χ4n) is 4.62. The zero-order chi connectivity index (χ0) is 15.8. The molecule has 124 valence electrons. The predicted octanol–water partition coefficient (Wildman–Crippen LogP) is 3.57. The van der Waals surface area contributed by atoms with Crippen LogP contribution in [0.2, 0.25) is 0 Å². The topological polar surface area (TPSA) is 46.3 Å². The molecule has 3 unspecified atom stereocenters. The van der Waals surface area contributed by atoms with Gasteiger partial charge in [-0.25, -0.2) is 0 Å². The first kappa shape index (κ1) is 15.2. The highest BCUT2D eigenvalue weighted by molar-refractivity contribution is 5.80. The number of benzene rings is 1. The van der Waals surface area contributed by atoms with Gasteiger partial charge < -0.3 is 10.6 Å². The third-order valence-electron chi connectivity index (χ3n) is 5.93. The average Bonchev–Trinajstić information content (AvgIpc) is 3.40. The summed E-state index contributed by atoms with van der Waals surface area (Å²) in [4.78, 5) is 15.6. The fourth-order valence-corrected chi connectivity index (χ4v) is 4.62. The minimum Gasteiger partial charge on any atom is -0.332 e. The van der Waals surface area contributed by atoms with E-state index in [-0.39, 0.29) is 12.0 Å². The fraction of sp³-hybridized carbons (Fsp3) is 0.650. The number of nitrogens with two attached hydrogens (primary N) is 1. The van der Waals surface area contributed by atoms with E-state index in [2.05, 4.69) is 29.2 Å². The molecule has 3 aliphatic rings. The zero-order valence-electron chi connectivity index (χ0n) is 13.9. The van der Waals surface area contributed by atoms with Crippen LogP contribution >= 0.6 is 0 Å². The molecule has 2 fully saturated rings. The van der Waals surface area contributed by atoms with E-state index in [1.807, 2.05) is 0 Å². The van der Waals surface area contributed by atoms with Gasteiger partial charge in [0.2, 0.25) is 5.91 Å². The van der Waals surface area contributed by atoms with Crippen LogP contribution in [0.4, 0.5) is 0 Å². The van der Waals surface area contributed by atoms with Gasteiger partial charge in [-0.05, 0) is 62.5 Å². The van der Waals surface area contributed by atoms with E-state index in [0.717, 1.165) is 38.5 Å². The molecule has 4 rings (SSSR count). The number of carbonyl (C=O) groups excluding carboxylic acids is 1. The van der Waals surface area contributed by atoms with E-state index >= 15 is 0 Å². The lowest BCUT2D eigenvalue weighted by atomic mass is 9.83. The quantitative estimate of drug-likeness (QED) is 0.927. The largest absolute Gasteiger partial charge is 0.332 e. The number of hydrogen-bond donors (Lipinski definition) is 1. The average molecular weight is 312 g/mol. The predicted molar refractivity (Wildman–Crippen MR) is 91.9 cm³/mol. The van der Waals surface area contributed by atoms with Crippen molar-refractivity contribution in [1.82, 2.24) is 4.90 Å². The molecule has 23 heavy (non-hydrogen) atoms. The summed E-state index contributed by atoms with van der Waals surface area (Å²) in [5.41, 5.74) is 8.99. The first-order valence-electron chi connectivity index (χ1n) is 9.39. The Morgan fingerprint density at radius 2 is 1.87 bits per heavy atom. The van der Waals surface area contributed by atoms with Crippen molar-refractivity contribution in [2.24, 2.45) is 11.7 Å². The minimum atomic E-state index is 0.161. The lowest BCUT2D eigenvalue weighted by Gasteiger charge is -2.39. The SMILES string of the molecule is NC1CCCC(C(=O)N(C2CC2)C2CCCc3ccccc32)C1. The maximum atomic E-state index is 13.3. The van der Waals surface area contributed by atoms with Crippen LogP contribution in [0.15, 0.2) is 24.3 Å². The van der Waals surface area contributed by atoms with Crippen molar-refractivity contribution in [3.05, 3.63) is 35.4 Å². The number of aryl methyl sites for hydroxylation is 1. The Labute approximate surface area is 139 Å². The Morgan fingerprint density at radius 1 is 1.04 bits per heavy atom. The molecule has 0 radical (unpaired) electrons. The van der Waals surface area contributed by atoms with Gasteiger partial charge in [-0.15, -0.1) is 0 Å². The van der Waals surface area contributed by atoms with Gasteiger partial charge in [-0.1, -0.05) is 30.7 Å². The number of rotatable bonds is 3. The summed E-state index contributed by atoms with van der Waals surface area (Å²) in [5, 5.41) is 0. The van der Waals surface area contributed by atoms with Crippen molar-refractivity contribution in [1.29, 1.82) is 0 Å². The molecule has 3 atom stereocenters. The summed E-state index contributed by atoms with van der Waals surface area (Å²) >= 11 is 0. The first-order valence-corrected chi connectivity index (χ1v) is 9.39. The second kappa shape index (κ2) is 6.27. The summed E-state index contributed by atoms with van der Waals surface area (Å²) < 4.78 is 0. The van der Waals surface area contributed by atoms with Crippen molar-refractivity contribution < 1.29 is 4.79 Å². The summed E-state index contributed by atoms with van der Waals surface area (Å²) in [5.74, 6) is 0.554. The van der Waals surface area contributed by atoms with Crippen LogP contribution in [0.3, 0.4) is 0 Å². The van der Waals surface area contributed by atoms with E-state index in [0.29, 0.717) is 18.0 Å². The molecule has 1 aromatic rings. The Bertz CT molecular complexity index is 581. The molecule has 2 N–H and O–H groups in total. The second-order valence-electron chi connectivity index (χ2n) is 7.71. The molecule has 0 bridgehead atoms. The van der Waals surface area contributed by atoms with E-state index in [1.54, 1.807) is 0 Å². The molecule has 3 nitrogen and oxygen atoms in total. The number of hydrogen-bond acceptors (Lipinski definition) is 2. The molecule has 0 heterocycles. The normalized spacial score (nSPS) is 30.6. The lowest BCUT2D eigenvalue weighted by Crippen LogP contribution is -2.44. The smallest absolute Gasteiger partial charge is 0.226 e. The first-order chi connectivity index (χ1) is 11.2. The highest BCUT2D eigenvalue weighted by Crippen LogP contribution is 2.42. The summed E-state index contributed by atoms with van der Waals surface area (Å²) in [6, 6.07) is 9.75. The van der Waals surface area contributed by atoms with Crippen molar-refractivity contribution in [3.63, 3.8) is 0 Å². The van der Waals surface area contributed by atoms with Crippen LogP contribution in [0.1, 0.15) is 68.5 Å². The number of nitrogens with zero attached hydrogens (tertiary/aromatic N) is 1. The van der Waals surface area contributed by atoms with Crippen LogP contribution in [-0.4, -0.2) is 22.9 Å². The third-order valence-corrected chi connectivity index (χ3v) is 5.93. The third kappa shape index (κ3) is 3.03. The maximum Gasteiger partial charge on any atom is 0.226 e. The Balaban J connectivity index is 1.60. The van der Waals surface area contributed by atoms with E-state index in [4.69, 9.17) is 5.73 Å². The van der Waals surface area contributed by atoms with Crippen molar-refractivity contribution in [2.45, 2.75) is 75.9 Å². The Kier molecular flexibility index (Phi) is 4.14. The molecular weight excluding hydrogens is 284 g/mol. The number of fused-ring (bicyclic) bond motifs is 1. The highest BCUT2D eigenvalue weighted by Gasteiger charge is 2.42. The molecule has 3 aliphatic carbocycles. The van der Waals surface area contributed by atoms with Crippen molar-refractivity contribution in [3.8, 4) is 0 Å². The van der Waals surface area contributed by atoms with E-state index in [9.17, 15) is 4.79 Å². The summed E-state index contributed by atoms with van der Waals surface area (Å²) in [6.07, 6.45) is 9.96. The van der Waals surface area contributed by atoms with Gasteiger partial charge in [0.1, 0.15) is 0 Å². The monoisotopic (exact) mass is 312 g/mol. The molecular formula is C20H28N2O.